The average molecular weight is 344 g/mol. The monoisotopic (exact) mass is 343 g/mol. The summed E-state index contributed by atoms with van der Waals surface area (Å²) in [6.07, 6.45) is 2.49. The molecule has 21 heavy (non-hydrogen) atoms. The highest BCUT2D eigenvalue weighted by atomic mass is 79.9. The van der Waals surface area contributed by atoms with Gasteiger partial charge in [-0.25, -0.2) is 0 Å². The summed E-state index contributed by atoms with van der Waals surface area (Å²) < 4.78 is 1.18. The van der Waals surface area contributed by atoms with Gasteiger partial charge >= 0.3 is 0 Å². The normalized spacial score (nSPS) is 22.6. The molecule has 1 fully saturated rings. The molecule has 1 atom stereocenters. The minimum atomic E-state index is 0.429. The third kappa shape index (κ3) is 3.56. The molecular weight excluding hydrogens is 322 g/mol. The Balaban J connectivity index is 1.55. The van der Waals surface area contributed by atoms with E-state index in [9.17, 15) is 0 Å². The highest BCUT2D eigenvalue weighted by molar-refractivity contribution is 9.10. The van der Waals surface area contributed by atoms with Crippen molar-refractivity contribution in [2.45, 2.75) is 44.7 Å². The van der Waals surface area contributed by atoms with Crippen LogP contribution in [0.3, 0.4) is 0 Å². The summed E-state index contributed by atoms with van der Waals surface area (Å²) in [5.41, 5.74) is 4.19. The third-order valence-electron chi connectivity index (χ3n) is 4.49. The van der Waals surface area contributed by atoms with Crippen LogP contribution in [0, 0.1) is 6.92 Å². The standard InChI is InChI=1S/C19H22BrN/c1-13-5-3-6-15(9-13)14(2)21-19-11-17(12-19)16-7-4-8-18(20)10-16/h3-10,14,17,19,21H,11-12H2,1-2H3/t14-,17?,19?/m0/s1. The van der Waals surface area contributed by atoms with Crippen molar-refractivity contribution in [2.24, 2.45) is 0 Å². The molecule has 0 amide bonds. The van der Waals surface area contributed by atoms with Gasteiger partial charge in [0.1, 0.15) is 0 Å². The Morgan fingerprint density at radius 1 is 1.10 bits per heavy atom. The van der Waals surface area contributed by atoms with E-state index in [4.69, 9.17) is 0 Å². The maximum atomic E-state index is 3.76. The Hall–Kier alpha value is -1.12. The van der Waals surface area contributed by atoms with Crippen molar-refractivity contribution in [3.05, 3.63) is 69.7 Å². The molecule has 3 rings (SSSR count). The number of nitrogens with one attached hydrogen (secondary N) is 1. The Labute approximate surface area is 135 Å². The molecule has 2 aromatic rings. The molecule has 1 nitrogen and oxygen atoms in total. The van der Waals surface area contributed by atoms with Gasteiger partial charge < -0.3 is 5.32 Å². The van der Waals surface area contributed by atoms with Crippen LogP contribution in [0.4, 0.5) is 0 Å². The van der Waals surface area contributed by atoms with Crippen molar-refractivity contribution in [1.82, 2.24) is 5.32 Å². The van der Waals surface area contributed by atoms with Crippen molar-refractivity contribution in [1.29, 1.82) is 0 Å². The van der Waals surface area contributed by atoms with E-state index >= 15 is 0 Å². The van der Waals surface area contributed by atoms with Crippen LogP contribution in [0.15, 0.2) is 53.0 Å². The van der Waals surface area contributed by atoms with Crippen LogP contribution in [0.2, 0.25) is 0 Å². The van der Waals surface area contributed by atoms with Crippen LogP contribution in [-0.2, 0) is 0 Å². The first kappa shape index (κ1) is 14.8. The van der Waals surface area contributed by atoms with E-state index in [2.05, 4.69) is 83.6 Å². The summed E-state index contributed by atoms with van der Waals surface area (Å²) in [6.45, 7) is 4.42. The maximum absolute atomic E-state index is 3.76. The number of hydrogen-bond donors (Lipinski definition) is 1. The van der Waals surface area contributed by atoms with Crippen LogP contribution >= 0.6 is 15.9 Å². The molecule has 0 unspecified atom stereocenters. The summed E-state index contributed by atoms with van der Waals surface area (Å²) in [5.74, 6) is 0.713. The number of hydrogen-bond acceptors (Lipinski definition) is 1. The largest absolute Gasteiger partial charge is 0.307 e. The van der Waals surface area contributed by atoms with Crippen molar-refractivity contribution < 1.29 is 0 Å². The molecular formula is C19H22BrN. The van der Waals surface area contributed by atoms with E-state index in [0.29, 0.717) is 18.0 Å². The Morgan fingerprint density at radius 3 is 2.57 bits per heavy atom. The van der Waals surface area contributed by atoms with Gasteiger partial charge in [0.15, 0.2) is 0 Å². The molecule has 0 heterocycles. The zero-order valence-electron chi connectivity index (χ0n) is 12.6. The quantitative estimate of drug-likeness (QED) is 0.788. The summed E-state index contributed by atoms with van der Waals surface area (Å²) in [7, 11) is 0. The number of rotatable bonds is 4. The highest BCUT2D eigenvalue weighted by Gasteiger charge is 2.31. The number of benzene rings is 2. The van der Waals surface area contributed by atoms with Gasteiger partial charge in [-0.1, -0.05) is 57.9 Å². The summed E-state index contributed by atoms with van der Waals surface area (Å²) in [6, 6.07) is 18.6. The van der Waals surface area contributed by atoms with E-state index < -0.39 is 0 Å². The first-order valence-electron chi connectivity index (χ1n) is 7.70. The predicted molar refractivity (Wildman–Crippen MR) is 92.6 cm³/mol. The SMILES string of the molecule is Cc1cccc([C@H](C)NC2CC(c3cccc(Br)c3)C2)c1. The van der Waals surface area contributed by atoms with Crippen LogP contribution in [0.5, 0.6) is 0 Å². The van der Waals surface area contributed by atoms with E-state index in [-0.39, 0.29) is 0 Å². The Morgan fingerprint density at radius 2 is 1.86 bits per heavy atom. The third-order valence-corrected chi connectivity index (χ3v) is 4.98. The fourth-order valence-electron chi connectivity index (χ4n) is 3.18. The van der Waals surface area contributed by atoms with Gasteiger partial charge in [0.2, 0.25) is 0 Å². The molecule has 0 aliphatic heterocycles. The molecule has 1 aliphatic rings. The van der Waals surface area contributed by atoms with Gasteiger partial charge in [-0.05, 0) is 55.9 Å². The Bertz CT molecular complexity index is 616. The number of halogens is 1. The molecule has 2 heteroatoms. The lowest BCUT2D eigenvalue weighted by atomic mass is 9.75. The molecule has 2 aromatic carbocycles. The summed E-state index contributed by atoms with van der Waals surface area (Å²) >= 11 is 3.56. The highest BCUT2D eigenvalue weighted by Crippen LogP contribution is 2.38. The Kier molecular flexibility index (Phi) is 4.46. The minimum Gasteiger partial charge on any atom is -0.307 e. The zero-order valence-corrected chi connectivity index (χ0v) is 14.2. The predicted octanol–water partition coefficient (Wildman–Crippen LogP) is 5.35. The molecule has 1 aliphatic carbocycles. The van der Waals surface area contributed by atoms with Crippen molar-refractivity contribution in [3.8, 4) is 0 Å². The van der Waals surface area contributed by atoms with Crippen LogP contribution in [0.25, 0.3) is 0 Å². The van der Waals surface area contributed by atoms with Gasteiger partial charge in [-0.3, -0.25) is 0 Å². The minimum absolute atomic E-state index is 0.429. The molecule has 0 aromatic heterocycles. The van der Waals surface area contributed by atoms with Crippen molar-refractivity contribution >= 4 is 15.9 Å². The first-order valence-corrected chi connectivity index (χ1v) is 8.49. The lowest BCUT2D eigenvalue weighted by Crippen LogP contribution is -2.41. The lowest BCUT2D eigenvalue weighted by Gasteiger charge is -2.38. The molecule has 0 bridgehead atoms. The summed E-state index contributed by atoms with van der Waals surface area (Å²) in [5, 5.41) is 3.76. The van der Waals surface area contributed by atoms with Gasteiger partial charge in [-0.2, -0.15) is 0 Å². The smallest absolute Gasteiger partial charge is 0.0294 e. The van der Waals surface area contributed by atoms with Crippen LogP contribution in [-0.4, -0.2) is 6.04 Å². The fourth-order valence-corrected chi connectivity index (χ4v) is 3.59. The average Bonchev–Trinajstić information content (AvgIpc) is 2.42. The van der Waals surface area contributed by atoms with Crippen LogP contribution < -0.4 is 5.32 Å². The van der Waals surface area contributed by atoms with Gasteiger partial charge in [0, 0.05) is 16.6 Å². The van der Waals surface area contributed by atoms with Crippen molar-refractivity contribution in [2.75, 3.05) is 0 Å². The zero-order chi connectivity index (χ0) is 14.8. The topological polar surface area (TPSA) is 12.0 Å². The van der Waals surface area contributed by atoms with Gasteiger partial charge in [0.25, 0.3) is 0 Å². The summed E-state index contributed by atoms with van der Waals surface area (Å²) in [4.78, 5) is 0. The molecule has 0 spiro atoms. The molecule has 0 radical (unpaired) electrons. The molecule has 1 saturated carbocycles. The molecule has 110 valence electrons. The van der Waals surface area contributed by atoms with E-state index in [1.807, 2.05) is 0 Å². The molecule has 0 saturated heterocycles. The number of aryl methyl sites for hydroxylation is 1. The lowest BCUT2D eigenvalue weighted by molar-refractivity contribution is 0.271. The van der Waals surface area contributed by atoms with Gasteiger partial charge in [-0.15, -0.1) is 0 Å². The van der Waals surface area contributed by atoms with E-state index in [1.54, 1.807) is 0 Å². The van der Waals surface area contributed by atoms with Crippen molar-refractivity contribution in [3.63, 3.8) is 0 Å². The molecule has 1 N–H and O–H groups in total. The van der Waals surface area contributed by atoms with E-state index in [0.717, 1.165) is 0 Å². The van der Waals surface area contributed by atoms with Gasteiger partial charge in [0.05, 0.1) is 0 Å². The fraction of sp³-hybridized carbons (Fsp3) is 0.368. The van der Waals surface area contributed by atoms with E-state index in [1.165, 1.54) is 34.0 Å². The first-order chi connectivity index (χ1) is 10.1. The second-order valence-corrected chi connectivity index (χ2v) is 7.14. The second kappa shape index (κ2) is 6.33. The van der Waals surface area contributed by atoms with Crippen LogP contribution in [0.1, 0.15) is 48.4 Å². The maximum Gasteiger partial charge on any atom is 0.0294 e. The second-order valence-electron chi connectivity index (χ2n) is 6.22.